The fraction of sp³-hybridized carbons (Fsp3) is 0.375. The third kappa shape index (κ3) is 3.03. The van der Waals surface area contributed by atoms with Crippen LogP contribution in [0.4, 0.5) is 0 Å². The van der Waals surface area contributed by atoms with Crippen molar-refractivity contribution >= 4 is 15.8 Å². The van der Waals surface area contributed by atoms with E-state index in [1.807, 2.05) is 0 Å². The Kier molecular flexibility index (Phi) is 3.51. The predicted molar refractivity (Wildman–Crippen MR) is 56.7 cm³/mol. The Hall–Kier alpha value is -1.90. The maximum atomic E-state index is 11.7. The molecular weight excluding hydrogens is 252 g/mol. The highest BCUT2D eigenvalue weighted by molar-refractivity contribution is 7.91. The summed E-state index contributed by atoms with van der Waals surface area (Å²) >= 11 is 0. The fourth-order valence-corrected chi connectivity index (χ4v) is 2.79. The van der Waals surface area contributed by atoms with Gasteiger partial charge in [0.25, 0.3) is 5.56 Å². The summed E-state index contributed by atoms with van der Waals surface area (Å²) in [6, 6.07) is 0. The van der Waals surface area contributed by atoms with Crippen LogP contribution in [0, 0.1) is 6.92 Å². The van der Waals surface area contributed by atoms with Gasteiger partial charge in [-0.1, -0.05) is 0 Å². The molecule has 0 aliphatic rings. The summed E-state index contributed by atoms with van der Waals surface area (Å²) < 4.78 is 23.4. The number of H-pyrrole nitrogens is 2. The summed E-state index contributed by atoms with van der Waals surface area (Å²) in [5.41, 5.74) is -1.97. The molecule has 0 aliphatic heterocycles. The second-order valence-corrected chi connectivity index (χ2v) is 5.37. The summed E-state index contributed by atoms with van der Waals surface area (Å²) in [7, 11) is -4.03. The molecule has 8 nitrogen and oxygen atoms in total. The largest absolute Gasteiger partial charge is 0.481 e. The molecule has 0 spiro atoms. The van der Waals surface area contributed by atoms with Gasteiger partial charge in [-0.15, -0.1) is 0 Å². The normalized spacial score (nSPS) is 11.4. The van der Waals surface area contributed by atoms with Gasteiger partial charge in [0.05, 0.1) is 12.2 Å². The molecule has 94 valence electrons. The predicted octanol–water partition coefficient (Wildman–Crippen LogP) is -1.38. The standard InChI is InChI=1S/C8H10N2O6S/c1-4-6(7(13)10-8(14)9-4)17(15,16)3-2-5(11)12/h2-3H2,1H3,(H,11,12)(H2,9,10,13,14). The first kappa shape index (κ1) is 13.2. The first-order chi connectivity index (χ1) is 7.74. The quantitative estimate of drug-likeness (QED) is 0.611. The topological polar surface area (TPSA) is 137 Å². The minimum absolute atomic E-state index is 0.107. The number of carbonyl (C=O) groups is 1. The lowest BCUT2D eigenvalue weighted by Gasteiger charge is -2.04. The molecule has 1 aromatic rings. The van der Waals surface area contributed by atoms with Crippen molar-refractivity contribution in [2.75, 3.05) is 5.75 Å². The zero-order chi connectivity index (χ0) is 13.2. The molecule has 0 radical (unpaired) electrons. The number of aryl methyl sites for hydroxylation is 1. The Morgan fingerprint density at radius 3 is 2.35 bits per heavy atom. The highest BCUT2D eigenvalue weighted by Crippen LogP contribution is 2.08. The molecule has 0 fully saturated rings. The Labute approximate surface area is 95.2 Å². The van der Waals surface area contributed by atoms with Crippen molar-refractivity contribution in [2.45, 2.75) is 18.2 Å². The number of nitrogens with one attached hydrogen (secondary N) is 2. The van der Waals surface area contributed by atoms with E-state index in [2.05, 4.69) is 4.98 Å². The van der Waals surface area contributed by atoms with Crippen LogP contribution < -0.4 is 11.2 Å². The molecule has 0 aliphatic carbocycles. The molecule has 9 heteroatoms. The molecule has 1 rings (SSSR count). The molecule has 17 heavy (non-hydrogen) atoms. The van der Waals surface area contributed by atoms with Crippen LogP contribution in [0.1, 0.15) is 12.1 Å². The number of hydrogen-bond acceptors (Lipinski definition) is 5. The molecule has 0 bridgehead atoms. The smallest absolute Gasteiger partial charge is 0.325 e. The SMILES string of the molecule is Cc1[nH]c(=O)[nH]c(=O)c1S(=O)(=O)CCC(=O)O. The minimum Gasteiger partial charge on any atom is -0.481 e. The number of carboxylic acid groups (broad SMARTS) is 1. The number of rotatable bonds is 4. The monoisotopic (exact) mass is 262 g/mol. The molecule has 0 unspecified atom stereocenters. The third-order valence-electron chi connectivity index (χ3n) is 1.97. The number of hydrogen-bond donors (Lipinski definition) is 3. The van der Waals surface area contributed by atoms with Crippen LogP contribution >= 0.6 is 0 Å². The van der Waals surface area contributed by atoms with Crippen LogP contribution in [0.5, 0.6) is 0 Å². The highest BCUT2D eigenvalue weighted by atomic mass is 32.2. The molecule has 0 aromatic carbocycles. The van der Waals surface area contributed by atoms with Crippen molar-refractivity contribution in [3.8, 4) is 0 Å². The summed E-state index contributed by atoms with van der Waals surface area (Å²) in [5.74, 6) is -1.98. The Balaban J connectivity index is 3.30. The Morgan fingerprint density at radius 2 is 1.88 bits per heavy atom. The lowest BCUT2D eigenvalue weighted by molar-refractivity contribution is -0.136. The number of aromatic nitrogens is 2. The molecular formula is C8H10N2O6S. The molecule has 0 saturated carbocycles. The van der Waals surface area contributed by atoms with Crippen molar-refractivity contribution < 1.29 is 18.3 Å². The first-order valence-corrected chi connectivity index (χ1v) is 6.17. The van der Waals surface area contributed by atoms with Gasteiger partial charge in [-0.2, -0.15) is 0 Å². The van der Waals surface area contributed by atoms with Gasteiger partial charge in [-0.05, 0) is 6.92 Å². The summed E-state index contributed by atoms with van der Waals surface area (Å²) in [5, 5.41) is 8.40. The first-order valence-electron chi connectivity index (χ1n) is 4.52. The Bertz CT molecular complexity index is 653. The van der Waals surface area contributed by atoms with Gasteiger partial charge in [0.2, 0.25) is 0 Å². The van der Waals surface area contributed by atoms with Crippen molar-refractivity contribution in [2.24, 2.45) is 0 Å². The second-order valence-electron chi connectivity index (χ2n) is 3.32. The van der Waals surface area contributed by atoms with Crippen LogP contribution in [-0.2, 0) is 14.6 Å². The summed E-state index contributed by atoms with van der Waals surface area (Å²) in [6.45, 7) is 1.25. The van der Waals surface area contributed by atoms with Gasteiger partial charge in [-0.25, -0.2) is 13.2 Å². The van der Waals surface area contributed by atoms with Gasteiger partial charge in [-0.3, -0.25) is 14.6 Å². The third-order valence-corrected chi connectivity index (χ3v) is 3.83. The Morgan fingerprint density at radius 1 is 1.29 bits per heavy atom. The molecule has 0 saturated heterocycles. The zero-order valence-corrected chi connectivity index (χ0v) is 9.63. The van der Waals surface area contributed by atoms with E-state index in [0.29, 0.717) is 0 Å². The number of aromatic amines is 2. The molecule has 1 heterocycles. The van der Waals surface area contributed by atoms with E-state index in [1.165, 1.54) is 6.92 Å². The van der Waals surface area contributed by atoms with E-state index in [0.717, 1.165) is 0 Å². The summed E-state index contributed by atoms with van der Waals surface area (Å²) in [4.78, 5) is 35.8. The van der Waals surface area contributed by atoms with E-state index in [-0.39, 0.29) is 5.69 Å². The lowest BCUT2D eigenvalue weighted by Crippen LogP contribution is -2.30. The second kappa shape index (κ2) is 4.53. The van der Waals surface area contributed by atoms with Crippen LogP contribution in [0.3, 0.4) is 0 Å². The van der Waals surface area contributed by atoms with E-state index < -0.39 is 44.1 Å². The fourth-order valence-electron chi connectivity index (χ4n) is 1.29. The lowest BCUT2D eigenvalue weighted by atomic mass is 10.4. The van der Waals surface area contributed by atoms with Gasteiger partial charge in [0.15, 0.2) is 14.7 Å². The maximum absolute atomic E-state index is 11.7. The van der Waals surface area contributed by atoms with Crippen LogP contribution in [0.25, 0.3) is 0 Å². The van der Waals surface area contributed by atoms with Crippen molar-refractivity contribution in [1.82, 2.24) is 9.97 Å². The molecule has 0 amide bonds. The van der Waals surface area contributed by atoms with Gasteiger partial charge in [0.1, 0.15) is 0 Å². The van der Waals surface area contributed by atoms with Crippen molar-refractivity contribution in [3.63, 3.8) is 0 Å². The van der Waals surface area contributed by atoms with Gasteiger partial charge < -0.3 is 10.1 Å². The van der Waals surface area contributed by atoms with Crippen LogP contribution in [0.15, 0.2) is 14.5 Å². The van der Waals surface area contributed by atoms with Crippen molar-refractivity contribution in [3.05, 3.63) is 26.5 Å². The highest BCUT2D eigenvalue weighted by Gasteiger charge is 2.23. The van der Waals surface area contributed by atoms with Gasteiger partial charge in [0, 0.05) is 5.69 Å². The van der Waals surface area contributed by atoms with Gasteiger partial charge >= 0.3 is 11.7 Å². The zero-order valence-electron chi connectivity index (χ0n) is 8.81. The van der Waals surface area contributed by atoms with Crippen LogP contribution in [-0.4, -0.2) is 35.2 Å². The average molecular weight is 262 g/mol. The molecule has 3 N–H and O–H groups in total. The number of aliphatic carboxylic acids is 1. The average Bonchev–Trinajstić information content (AvgIpc) is 2.12. The van der Waals surface area contributed by atoms with E-state index in [9.17, 15) is 22.8 Å². The minimum atomic E-state index is -4.03. The van der Waals surface area contributed by atoms with E-state index >= 15 is 0 Å². The maximum Gasteiger partial charge on any atom is 0.325 e. The number of sulfone groups is 1. The van der Waals surface area contributed by atoms with Crippen molar-refractivity contribution in [1.29, 1.82) is 0 Å². The van der Waals surface area contributed by atoms with E-state index in [1.54, 1.807) is 4.98 Å². The van der Waals surface area contributed by atoms with E-state index in [4.69, 9.17) is 5.11 Å². The van der Waals surface area contributed by atoms with Crippen LogP contribution in [0.2, 0.25) is 0 Å². The molecule has 1 aromatic heterocycles. The molecule has 0 atom stereocenters. The number of carboxylic acids is 1. The summed E-state index contributed by atoms with van der Waals surface area (Å²) in [6.07, 6.45) is -0.611.